The molecule has 16 heavy (non-hydrogen) atoms. The van der Waals surface area contributed by atoms with Crippen LogP contribution in [-0.2, 0) is 0 Å². The average Bonchev–Trinajstić information content (AvgIpc) is 2.79. The standard InChI is InChI=1S/C11H12N4O/c1-12-9-7-13-10(15-9)11(16)14-8-5-3-2-4-6-8/h2-7,12H,1H3,(H,13,15)(H,14,16). The summed E-state index contributed by atoms with van der Waals surface area (Å²) >= 11 is 0. The number of benzene rings is 1. The molecule has 0 unspecified atom stereocenters. The zero-order chi connectivity index (χ0) is 11.4. The minimum Gasteiger partial charge on any atom is -0.373 e. The van der Waals surface area contributed by atoms with Crippen LogP contribution in [0, 0.1) is 0 Å². The number of H-pyrrole nitrogens is 1. The minimum absolute atomic E-state index is 0.257. The van der Waals surface area contributed by atoms with Gasteiger partial charge in [0.25, 0.3) is 5.91 Å². The molecule has 5 nitrogen and oxygen atoms in total. The van der Waals surface area contributed by atoms with Crippen molar-refractivity contribution in [2.24, 2.45) is 0 Å². The summed E-state index contributed by atoms with van der Waals surface area (Å²) in [5.74, 6) is 0.735. The first-order chi connectivity index (χ1) is 7.79. The van der Waals surface area contributed by atoms with Crippen LogP contribution in [0.4, 0.5) is 11.5 Å². The van der Waals surface area contributed by atoms with Crippen LogP contribution in [-0.4, -0.2) is 22.9 Å². The van der Waals surface area contributed by atoms with Gasteiger partial charge in [-0.3, -0.25) is 4.79 Å². The third-order valence-corrected chi connectivity index (χ3v) is 2.09. The van der Waals surface area contributed by atoms with Gasteiger partial charge in [0.05, 0.1) is 6.20 Å². The Morgan fingerprint density at radius 3 is 2.69 bits per heavy atom. The Labute approximate surface area is 92.9 Å². The van der Waals surface area contributed by atoms with E-state index in [0.717, 1.165) is 5.69 Å². The fourth-order valence-corrected chi connectivity index (χ4v) is 1.28. The van der Waals surface area contributed by atoms with Crippen LogP contribution in [0.2, 0.25) is 0 Å². The zero-order valence-electron chi connectivity index (χ0n) is 8.82. The van der Waals surface area contributed by atoms with E-state index >= 15 is 0 Å². The van der Waals surface area contributed by atoms with Crippen molar-refractivity contribution in [1.82, 2.24) is 9.97 Å². The Balaban J connectivity index is 2.09. The second-order valence-corrected chi connectivity index (χ2v) is 3.22. The maximum Gasteiger partial charge on any atom is 0.291 e. The van der Waals surface area contributed by atoms with Crippen LogP contribution in [0.25, 0.3) is 0 Å². The molecule has 3 N–H and O–H groups in total. The summed E-state index contributed by atoms with van der Waals surface area (Å²) in [7, 11) is 1.76. The first-order valence-electron chi connectivity index (χ1n) is 4.89. The molecule has 82 valence electrons. The average molecular weight is 216 g/mol. The van der Waals surface area contributed by atoms with Gasteiger partial charge in [0.2, 0.25) is 0 Å². The van der Waals surface area contributed by atoms with Crippen molar-refractivity contribution in [3.63, 3.8) is 0 Å². The predicted molar refractivity (Wildman–Crippen MR) is 62.5 cm³/mol. The lowest BCUT2D eigenvalue weighted by molar-refractivity contribution is 0.101. The molecule has 1 amide bonds. The van der Waals surface area contributed by atoms with E-state index in [1.807, 2.05) is 30.3 Å². The Morgan fingerprint density at radius 2 is 2.06 bits per heavy atom. The number of nitrogens with zero attached hydrogens (tertiary/aromatic N) is 1. The third kappa shape index (κ3) is 2.20. The highest BCUT2D eigenvalue weighted by atomic mass is 16.2. The van der Waals surface area contributed by atoms with Crippen LogP contribution in [0.3, 0.4) is 0 Å². The Morgan fingerprint density at radius 1 is 1.31 bits per heavy atom. The molecule has 0 atom stereocenters. The van der Waals surface area contributed by atoms with Crippen LogP contribution in [0.15, 0.2) is 36.5 Å². The normalized spacial score (nSPS) is 9.81. The summed E-state index contributed by atoms with van der Waals surface area (Å²) in [6.07, 6.45) is 1.57. The Kier molecular flexibility index (Phi) is 2.86. The number of aromatic amines is 1. The topological polar surface area (TPSA) is 69.8 Å². The number of para-hydroxylation sites is 1. The highest BCUT2D eigenvalue weighted by Gasteiger charge is 2.09. The van der Waals surface area contributed by atoms with Crippen molar-refractivity contribution in [2.75, 3.05) is 17.7 Å². The number of nitrogens with one attached hydrogen (secondary N) is 3. The van der Waals surface area contributed by atoms with Gasteiger partial charge in [0, 0.05) is 12.7 Å². The van der Waals surface area contributed by atoms with E-state index in [1.165, 1.54) is 0 Å². The molecule has 0 aliphatic rings. The number of imidazole rings is 1. The van der Waals surface area contributed by atoms with Crippen LogP contribution >= 0.6 is 0 Å². The highest BCUT2D eigenvalue weighted by molar-refractivity contribution is 6.01. The third-order valence-electron chi connectivity index (χ3n) is 2.09. The lowest BCUT2D eigenvalue weighted by Gasteiger charge is -2.01. The van der Waals surface area contributed by atoms with Gasteiger partial charge in [-0.1, -0.05) is 18.2 Å². The molecule has 0 fully saturated rings. The number of carbonyl (C=O) groups excluding carboxylic acids is 1. The van der Waals surface area contributed by atoms with E-state index in [2.05, 4.69) is 20.6 Å². The first kappa shape index (κ1) is 10.2. The van der Waals surface area contributed by atoms with Crippen LogP contribution in [0.1, 0.15) is 10.6 Å². The van der Waals surface area contributed by atoms with Gasteiger partial charge in [0.1, 0.15) is 5.82 Å². The molecule has 0 radical (unpaired) electrons. The molecule has 0 saturated carbocycles. The summed E-state index contributed by atoms with van der Waals surface area (Å²) in [4.78, 5) is 18.5. The maximum absolute atomic E-state index is 11.7. The molecule has 5 heteroatoms. The zero-order valence-corrected chi connectivity index (χ0v) is 8.82. The second kappa shape index (κ2) is 4.48. The fourth-order valence-electron chi connectivity index (χ4n) is 1.28. The first-order valence-corrected chi connectivity index (χ1v) is 4.89. The van der Waals surface area contributed by atoms with Crippen molar-refractivity contribution in [2.45, 2.75) is 0 Å². The van der Waals surface area contributed by atoms with Gasteiger partial charge in [-0.05, 0) is 12.1 Å². The van der Waals surface area contributed by atoms with Gasteiger partial charge in [-0.2, -0.15) is 0 Å². The van der Waals surface area contributed by atoms with Gasteiger partial charge in [0.15, 0.2) is 5.82 Å². The number of aromatic nitrogens is 2. The number of carbonyl (C=O) groups is 1. The highest BCUT2D eigenvalue weighted by Crippen LogP contribution is 2.08. The lowest BCUT2D eigenvalue weighted by Crippen LogP contribution is -2.13. The van der Waals surface area contributed by atoms with Crippen molar-refractivity contribution < 1.29 is 4.79 Å². The largest absolute Gasteiger partial charge is 0.373 e. The number of hydrogen-bond acceptors (Lipinski definition) is 3. The SMILES string of the molecule is CNc1cnc(C(=O)Nc2ccccc2)[nH]1. The number of rotatable bonds is 3. The molecule has 2 aromatic rings. The molecule has 0 aliphatic carbocycles. The Hall–Kier alpha value is -2.30. The van der Waals surface area contributed by atoms with Crippen LogP contribution < -0.4 is 10.6 Å². The van der Waals surface area contributed by atoms with E-state index in [9.17, 15) is 4.79 Å². The molecular formula is C11H12N4O. The van der Waals surface area contributed by atoms with Gasteiger partial charge in [-0.25, -0.2) is 4.98 Å². The molecule has 1 heterocycles. The molecular weight excluding hydrogens is 204 g/mol. The summed E-state index contributed by atoms with van der Waals surface area (Å²) in [6, 6.07) is 9.24. The number of anilines is 2. The lowest BCUT2D eigenvalue weighted by atomic mass is 10.3. The van der Waals surface area contributed by atoms with Crippen molar-refractivity contribution in [3.05, 3.63) is 42.4 Å². The fraction of sp³-hybridized carbons (Fsp3) is 0.0909. The van der Waals surface area contributed by atoms with E-state index in [-0.39, 0.29) is 11.7 Å². The van der Waals surface area contributed by atoms with Crippen LogP contribution in [0.5, 0.6) is 0 Å². The molecule has 1 aromatic carbocycles. The summed E-state index contributed by atoms with van der Waals surface area (Å²) in [6.45, 7) is 0. The predicted octanol–water partition coefficient (Wildman–Crippen LogP) is 1.70. The van der Waals surface area contributed by atoms with E-state index in [1.54, 1.807) is 13.2 Å². The van der Waals surface area contributed by atoms with Gasteiger partial charge >= 0.3 is 0 Å². The molecule has 0 bridgehead atoms. The monoisotopic (exact) mass is 216 g/mol. The molecule has 0 aliphatic heterocycles. The summed E-state index contributed by atoms with van der Waals surface area (Å²) in [5, 5.41) is 5.60. The quantitative estimate of drug-likeness (QED) is 0.731. The maximum atomic E-state index is 11.7. The summed E-state index contributed by atoms with van der Waals surface area (Å²) in [5.41, 5.74) is 0.745. The molecule has 0 saturated heterocycles. The van der Waals surface area contributed by atoms with Crippen molar-refractivity contribution in [3.8, 4) is 0 Å². The smallest absolute Gasteiger partial charge is 0.291 e. The molecule has 1 aromatic heterocycles. The molecule has 0 spiro atoms. The number of amides is 1. The second-order valence-electron chi connectivity index (χ2n) is 3.22. The summed E-state index contributed by atoms with van der Waals surface area (Å²) < 4.78 is 0. The van der Waals surface area contributed by atoms with Gasteiger partial charge < -0.3 is 15.6 Å². The minimum atomic E-state index is -0.257. The van der Waals surface area contributed by atoms with Gasteiger partial charge in [-0.15, -0.1) is 0 Å². The van der Waals surface area contributed by atoms with E-state index < -0.39 is 0 Å². The Bertz CT molecular complexity index is 478. The van der Waals surface area contributed by atoms with E-state index in [4.69, 9.17) is 0 Å². The molecule has 2 rings (SSSR count). The van der Waals surface area contributed by atoms with Crippen molar-refractivity contribution >= 4 is 17.4 Å². The van der Waals surface area contributed by atoms with Crippen molar-refractivity contribution in [1.29, 1.82) is 0 Å². The number of hydrogen-bond donors (Lipinski definition) is 3. The van der Waals surface area contributed by atoms with E-state index in [0.29, 0.717) is 5.82 Å².